The van der Waals surface area contributed by atoms with E-state index in [9.17, 15) is 14.7 Å². The maximum Gasteiger partial charge on any atom is 0.303 e. The molecule has 0 amide bonds. The van der Waals surface area contributed by atoms with Gasteiger partial charge in [0, 0.05) is 12.3 Å². The first kappa shape index (κ1) is 21.4. The van der Waals surface area contributed by atoms with Crippen LogP contribution in [0.4, 0.5) is 0 Å². The van der Waals surface area contributed by atoms with Gasteiger partial charge in [0.05, 0.1) is 5.60 Å². The zero-order chi connectivity index (χ0) is 18.7. The Balaban J connectivity index is 2.48. The highest BCUT2D eigenvalue weighted by molar-refractivity contribution is 5.95. The van der Waals surface area contributed by atoms with Gasteiger partial charge < -0.3 is 10.2 Å². The quantitative estimate of drug-likeness (QED) is 0.404. The van der Waals surface area contributed by atoms with E-state index in [0.29, 0.717) is 12.8 Å². The van der Waals surface area contributed by atoms with Gasteiger partial charge in [-0.2, -0.15) is 0 Å². The Labute approximate surface area is 151 Å². The smallest absolute Gasteiger partial charge is 0.303 e. The lowest BCUT2D eigenvalue weighted by Gasteiger charge is -2.20. The van der Waals surface area contributed by atoms with Gasteiger partial charge in [0.15, 0.2) is 5.78 Å². The van der Waals surface area contributed by atoms with Crippen molar-refractivity contribution in [2.45, 2.75) is 70.8 Å². The van der Waals surface area contributed by atoms with E-state index in [1.807, 2.05) is 24.3 Å². The summed E-state index contributed by atoms with van der Waals surface area (Å²) in [6.45, 7) is 3.93. The average Bonchev–Trinajstić information content (AvgIpc) is 2.89. The number of aliphatic carboxylic acids is 1. The molecule has 1 unspecified atom stereocenters. The molecule has 4 nitrogen and oxygen atoms in total. The number of unbranched alkanes of at least 4 members (excludes halogenated alkanes) is 3. The normalized spacial score (nSPS) is 22.9. The second-order valence-electron chi connectivity index (χ2n) is 7.12. The Kier molecular flexibility index (Phi) is 9.43. The van der Waals surface area contributed by atoms with E-state index in [1.165, 1.54) is 0 Å². The molecule has 25 heavy (non-hydrogen) atoms. The average molecular weight is 348 g/mol. The molecule has 0 fully saturated rings. The molecule has 0 aromatic carbocycles. The number of ketones is 1. The van der Waals surface area contributed by atoms with Crippen LogP contribution in [0, 0.1) is 11.8 Å². The molecule has 2 N–H and O–H groups in total. The summed E-state index contributed by atoms with van der Waals surface area (Å²) in [5.41, 5.74) is -0.866. The first-order valence-corrected chi connectivity index (χ1v) is 9.36. The summed E-state index contributed by atoms with van der Waals surface area (Å²) in [5, 5.41) is 19.0. The highest BCUT2D eigenvalue weighted by atomic mass is 16.4. The minimum absolute atomic E-state index is 0.0879. The second-order valence-corrected chi connectivity index (χ2v) is 7.12. The lowest BCUT2D eigenvalue weighted by atomic mass is 9.88. The van der Waals surface area contributed by atoms with Gasteiger partial charge in [-0.05, 0) is 44.6 Å². The maximum atomic E-state index is 12.1. The van der Waals surface area contributed by atoms with Crippen LogP contribution in [0.25, 0.3) is 0 Å². The maximum absolute atomic E-state index is 12.1. The van der Waals surface area contributed by atoms with Gasteiger partial charge in [0.25, 0.3) is 0 Å². The number of rotatable bonds is 12. The Morgan fingerprint density at radius 2 is 2.04 bits per heavy atom. The zero-order valence-corrected chi connectivity index (χ0v) is 15.5. The molecule has 140 valence electrons. The van der Waals surface area contributed by atoms with Gasteiger partial charge in [-0.3, -0.25) is 9.59 Å². The van der Waals surface area contributed by atoms with Crippen molar-refractivity contribution in [3.63, 3.8) is 0 Å². The Bertz CT molecular complexity index is 514. The molecule has 0 saturated carbocycles. The highest BCUT2D eigenvalue weighted by Crippen LogP contribution is 2.28. The molecule has 1 aliphatic carbocycles. The van der Waals surface area contributed by atoms with Crippen LogP contribution in [0.2, 0.25) is 0 Å². The standard InChI is InChI=1S/C21H32O4/c1-3-4-9-15-21(2,25)16-14-18-17(12-13-19(18)22)10-7-5-6-8-11-20(23)24/h5,7,12-14,16-18,25H,3-4,6,8-11,15H2,1-2H3,(H,23,24)/b7-5-,16-14+/t17-,18?,21-/m0/s1. The lowest BCUT2D eigenvalue weighted by molar-refractivity contribution is -0.137. The van der Waals surface area contributed by atoms with Crippen molar-refractivity contribution in [3.05, 3.63) is 36.5 Å². The summed E-state index contributed by atoms with van der Waals surface area (Å²) in [5.74, 6) is -0.772. The van der Waals surface area contributed by atoms with E-state index in [-0.39, 0.29) is 24.0 Å². The predicted molar refractivity (Wildman–Crippen MR) is 100 cm³/mol. The predicted octanol–water partition coefficient (Wildman–Crippen LogP) is 4.45. The minimum atomic E-state index is -0.866. The number of carboxylic acid groups (broad SMARTS) is 1. The summed E-state index contributed by atoms with van der Waals surface area (Å²) in [7, 11) is 0. The van der Waals surface area contributed by atoms with Crippen molar-refractivity contribution in [2.75, 3.05) is 0 Å². The fraction of sp³-hybridized carbons (Fsp3) is 0.619. The number of carboxylic acids is 1. The van der Waals surface area contributed by atoms with Crippen LogP contribution in [0.1, 0.15) is 65.2 Å². The van der Waals surface area contributed by atoms with Gasteiger partial charge in [-0.25, -0.2) is 0 Å². The van der Waals surface area contributed by atoms with E-state index in [4.69, 9.17) is 5.11 Å². The molecular weight excluding hydrogens is 316 g/mol. The molecule has 4 heteroatoms. The molecule has 0 heterocycles. The van der Waals surface area contributed by atoms with Crippen molar-refractivity contribution in [1.82, 2.24) is 0 Å². The minimum Gasteiger partial charge on any atom is -0.481 e. The molecule has 0 aromatic heterocycles. The van der Waals surface area contributed by atoms with Crippen LogP contribution < -0.4 is 0 Å². The van der Waals surface area contributed by atoms with Gasteiger partial charge in [0.2, 0.25) is 0 Å². The van der Waals surface area contributed by atoms with Crippen LogP contribution in [0.5, 0.6) is 0 Å². The highest BCUT2D eigenvalue weighted by Gasteiger charge is 2.28. The molecule has 0 bridgehead atoms. The third kappa shape index (κ3) is 8.82. The number of hydrogen-bond donors (Lipinski definition) is 2. The van der Waals surface area contributed by atoms with Crippen molar-refractivity contribution in [3.8, 4) is 0 Å². The van der Waals surface area contributed by atoms with Gasteiger partial charge in [-0.15, -0.1) is 0 Å². The van der Waals surface area contributed by atoms with Crippen LogP contribution in [-0.4, -0.2) is 27.6 Å². The summed E-state index contributed by atoms with van der Waals surface area (Å²) in [6.07, 6.45) is 17.4. The van der Waals surface area contributed by atoms with Crippen molar-refractivity contribution < 1.29 is 19.8 Å². The van der Waals surface area contributed by atoms with E-state index in [1.54, 1.807) is 19.1 Å². The van der Waals surface area contributed by atoms with Gasteiger partial charge >= 0.3 is 5.97 Å². The van der Waals surface area contributed by atoms with E-state index in [0.717, 1.165) is 32.1 Å². The number of allylic oxidation sites excluding steroid dienone is 5. The number of carbonyl (C=O) groups is 2. The molecule has 0 spiro atoms. The molecule has 0 radical (unpaired) electrons. The molecular formula is C21H32O4. The molecule has 1 rings (SSSR count). The fourth-order valence-corrected chi connectivity index (χ4v) is 2.99. The largest absolute Gasteiger partial charge is 0.481 e. The van der Waals surface area contributed by atoms with Crippen molar-refractivity contribution >= 4 is 11.8 Å². The van der Waals surface area contributed by atoms with Crippen molar-refractivity contribution in [2.24, 2.45) is 11.8 Å². The summed E-state index contributed by atoms with van der Waals surface area (Å²) < 4.78 is 0. The molecule has 3 atom stereocenters. The Morgan fingerprint density at radius 1 is 1.28 bits per heavy atom. The van der Waals surface area contributed by atoms with Gasteiger partial charge in [-0.1, -0.05) is 56.6 Å². The number of hydrogen-bond acceptors (Lipinski definition) is 3. The third-order valence-corrected chi connectivity index (χ3v) is 4.58. The van der Waals surface area contributed by atoms with Crippen LogP contribution in [0.3, 0.4) is 0 Å². The Hall–Kier alpha value is -1.68. The second kappa shape index (κ2) is 11.0. The first-order valence-electron chi connectivity index (χ1n) is 9.36. The van der Waals surface area contributed by atoms with Crippen molar-refractivity contribution in [1.29, 1.82) is 0 Å². The molecule has 0 aliphatic heterocycles. The summed E-state index contributed by atoms with van der Waals surface area (Å²) in [6, 6.07) is 0. The van der Waals surface area contributed by atoms with Crippen LogP contribution >= 0.6 is 0 Å². The van der Waals surface area contributed by atoms with E-state index in [2.05, 4.69) is 6.92 Å². The zero-order valence-electron chi connectivity index (χ0n) is 15.5. The number of aliphatic hydroxyl groups is 1. The van der Waals surface area contributed by atoms with Gasteiger partial charge in [0.1, 0.15) is 0 Å². The van der Waals surface area contributed by atoms with E-state index < -0.39 is 11.6 Å². The number of carbonyl (C=O) groups excluding carboxylic acids is 1. The van der Waals surface area contributed by atoms with Crippen LogP contribution in [-0.2, 0) is 9.59 Å². The molecule has 1 aliphatic rings. The summed E-state index contributed by atoms with van der Waals surface area (Å²) >= 11 is 0. The molecule has 0 saturated heterocycles. The SMILES string of the molecule is CCCCC[C@](C)(O)/C=C/C1C(=O)C=C[C@@H]1C/C=C\CCCC(=O)O. The lowest BCUT2D eigenvalue weighted by Crippen LogP contribution is -2.22. The van der Waals surface area contributed by atoms with E-state index >= 15 is 0 Å². The monoisotopic (exact) mass is 348 g/mol. The Morgan fingerprint density at radius 3 is 2.72 bits per heavy atom. The fourth-order valence-electron chi connectivity index (χ4n) is 2.99. The van der Waals surface area contributed by atoms with Crippen LogP contribution in [0.15, 0.2) is 36.5 Å². The first-order chi connectivity index (χ1) is 11.9. The molecule has 0 aromatic rings. The summed E-state index contributed by atoms with van der Waals surface area (Å²) in [4.78, 5) is 22.5. The third-order valence-electron chi connectivity index (χ3n) is 4.58. The topological polar surface area (TPSA) is 74.6 Å².